The van der Waals surface area contributed by atoms with Crippen LogP contribution in [0.3, 0.4) is 0 Å². The third kappa shape index (κ3) is 4.16. The van der Waals surface area contributed by atoms with E-state index in [1.54, 1.807) is 18.2 Å². The number of aliphatic hydroxyl groups is 2. The number of carbonyl (C=O) groups excluding carboxylic acids is 1. The molecule has 0 spiro atoms. The molecule has 6 rings (SSSR count). The summed E-state index contributed by atoms with van der Waals surface area (Å²) in [5.41, 5.74) is 11.2. The highest BCUT2D eigenvalue weighted by Gasteiger charge is 2.49. The fourth-order valence-corrected chi connectivity index (χ4v) is 5.72. The molecule has 1 aromatic heterocycles. The van der Waals surface area contributed by atoms with Gasteiger partial charge in [0.15, 0.2) is 6.73 Å². The lowest BCUT2D eigenvalue weighted by molar-refractivity contribution is -0.0738. The second-order valence-electron chi connectivity index (χ2n) is 10.5. The lowest BCUT2D eigenvalue weighted by atomic mass is 9.63. The lowest BCUT2D eigenvalue weighted by Crippen LogP contribution is -2.58. The summed E-state index contributed by atoms with van der Waals surface area (Å²) in [4.78, 5) is 17.7. The van der Waals surface area contributed by atoms with E-state index < -0.39 is 11.1 Å². The van der Waals surface area contributed by atoms with Crippen molar-refractivity contribution in [2.24, 2.45) is 5.73 Å². The van der Waals surface area contributed by atoms with Gasteiger partial charge in [-0.1, -0.05) is 54.6 Å². The number of rotatable bonds is 6. The van der Waals surface area contributed by atoms with Crippen LogP contribution >= 0.6 is 0 Å². The number of carbonyl (C=O) groups is 1. The van der Waals surface area contributed by atoms with Gasteiger partial charge >= 0.3 is 0 Å². The molecule has 1 aliphatic carbocycles. The van der Waals surface area contributed by atoms with E-state index in [4.69, 9.17) is 20.6 Å². The number of nitrogens with one attached hydrogen (secondary N) is 1. The summed E-state index contributed by atoms with van der Waals surface area (Å²) in [6.07, 6.45) is 1.05. The predicted molar refractivity (Wildman–Crippen MR) is 144 cm³/mol. The molecule has 1 amide bonds. The number of hydrogen-bond acceptors (Lipinski definition) is 6. The quantitative estimate of drug-likeness (QED) is 0.314. The predicted octanol–water partition coefficient (Wildman–Crippen LogP) is 3.65. The number of aromatic nitrogens is 2. The molecule has 0 unspecified atom stereocenters. The minimum atomic E-state index is -0.724. The fourth-order valence-electron chi connectivity index (χ4n) is 5.72. The Bertz CT molecular complexity index is 1500. The van der Waals surface area contributed by atoms with Gasteiger partial charge in [0.1, 0.15) is 11.6 Å². The monoisotopic (exact) mass is 510 g/mol. The number of aliphatic hydroxyl groups excluding tert-OH is 1. The van der Waals surface area contributed by atoms with Crippen molar-refractivity contribution >= 4 is 5.91 Å². The molecular weight excluding hydrogens is 480 g/mol. The largest absolute Gasteiger partial charge is 0.472 e. The Hall–Kier alpha value is -3.98. The van der Waals surface area contributed by atoms with Crippen molar-refractivity contribution in [3.8, 4) is 39.7 Å². The third-order valence-corrected chi connectivity index (χ3v) is 7.37. The van der Waals surface area contributed by atoms with Gasteiger partial charge in [-0.25, -0.2) is 4.98 Å². The van der Waals surface area contributed by atoms with Crippen LogP contribution in [0.2, 0.25) is 0 Å². The van der Waals surface area contributed by atoms with Crippen LogP contribution < -0.4 is 15.8 Å². The SMILES string of the molecule is C[C@]1(O)C[C@@](N)(c2ccc(-c3nc4n(c3-c3ccccc3)COc3ccc(C(=O)NCCO)cc3-4)cc2)C1. The topological polar surface area (TPSA) is 123 Å². The van der Waals surface area contributed by atoms with Gasteiger partial charge in [-0.05, 0) is 43.5 Å². The van der Waals surface area contributed by atoms with Gasteiger partial charge in [-0.15, -0.1) is 0 Å². The van der Waals surface area contributed by atoms with Crippen molar-refractivity contribution in [3.05, 3.63) is 83.9 Å². The normalized spacial score (nSPS) is 21.6. The van der Waals surface area contributed by atoms with E-state index in [1.807, 2.05) is 66.1 Å². The van der Waals surface area contributed by atoms with E-state index in [1.165, 1.54) is 0 Å². The van der Waals surface area contributed by atoms with Crippen LogP contribution in [0.1, 0.15) is 35.7 Å². The van der Waals surface area contributed by atoms with Gasteiger partial charge in [0, 0.05) is 28.8 Å². The van der Waals surface area contributed by atoms with E-state index in [-0.39, 0.29) is 25.8 Å². The van der Waals surface area contributed by atoms with Crippen LogP contribution in [0, 0.1) is 0 Å². The summed E-state index contributed by atoms with van der Waals surface area (Å²) >= 11 is 0. The Morgan fingerprint density at radius 2 is 1.82 bits per heavy atom. The van der Waals surface area contributed by atoms with Gasteiger partial charge < -0.3 is 26.0 Å². The Morgan fingerprint density at radius 3 is 2.50 bits per heavy atom. The minimum Gasteiger partial charge on any atom is -0.472 e. The number of nitrogens with two attached hydrogens (primary N) is 1. The first-order valence-corrected chi connectivity index (χ1v) is 12.7. The molecule has 1 saturated carbocycles. The van der Waals surface area contributed by atoms with Gasteiger partial charge in [0.2, 0.25) is 0 Å². The Labute approximate surface area is 220 Å². The van der Waals surface area contributed by atoms with Gasteiger partial charge in [-0.3, -0.25) is 9.36 Å². The average molecular weight is 511 g/mol. The molecule has 0 saturated heterocycles. The highest BCUT2D eigenvalue weighted by Crippen LogP contribution is 2.47. The summed E-state index contributed by atoms with van der Waals surface area (Å²) in [5, 5.41) is 22.0. The number of amides is 1. The molecule has 0 atom stereocenters. The van der Waals surface area contributed by atoms with Crippen LogP contribution in [0.15, 0.2) is 72.8 Å². The Balaban J connectivity index is 1.44. The molecule has 2 heterocycles. The molecule has 0 radical (unpaired) electrons. The van der Waals surface area contributed by atoms with Gasteiger partial charge in [-0.2, -0.15) is 0 Å². The third-order valence-electron chi connectivity index (χ3n) is 7.37. The van der Waals surface area contributed by atoms with Crippen molar-refractivity contribution < 1.29 is 19.7 Å². The van der Waals surface area contributed by atoms with Gasteiger partial charge in [0.05, 0.1) is 29.2 Å². The van der Waals surface area contributed by atoms with E-state index in [0.717, 1.165) is 33.6 Å². The first-order valence-electron chi connectivity index (χ1n) is 12.7. The van der Waals surface area contributed by atoms with E-state index in [9.17, 15) is 9.90 Å². The van der Waals surface area contributed by atoms with Crippen LogP contribution in [-0.4, -0.2) is 44.4 Å². The number of ether oxygens (including phenoxy) is 1. The molecule has 194 valence electrons. The molecule has 2 aliphatic rings. The molecule has 8 nitrogen and oxygen atoms in total. The van der Waals surface area contributed by atoms with E-state index in [2.05, 4.69) is 5.32 Å². The first kappa shape index (κ1) is 24.4. The van der Waals surface area contributed by atoms with Crippen molar-refractivity contribution in [1.82, 2.24) is 14.9 Å². The average Bonchev–Trinajstić information content (AvgIpc) is 3.31. The molecule has 1 aliphatic heterocycles. The van der Waals surface area contributed by atoms with E-state index >= 15 is 0 Å². The summed E-state index contributed by atoms with van der Waals surface area (Å²) in [7, 11) is 0. The smallest absolute Gasteiger partial charge is 0.251 e. The molecule has 1 fully saturated rings. The zero-order valence-electron chi connectivity index (χ0n) is 21.1. The lowest BCUT2D eigenvalue weighted by Gasteiger charge is -2.49. The zero-order valence-corrected chi connectivity index (χ0v) is 21.1. The van der Waals surface area contributed by atoms with Crippen molar-refractivity contribution in [2.45, 2.75) is 37.6 Å². The van der Waals surface area contributed by atoms with Crippen LogP contribution in [0.25, 0.3) is 33.9 Å². The summed E-state index contributed by atoms with van der Waals surface area (Å²) < 4.78 is 8.13. The van der Waals surface area contributed by atoms with Crippen molar-refractivity contribution in [3.63, 3.8) is 0 Å². The molecular formula is C30H30N4O4. The van der Waals surface area contributed by atoms with Gasteiger partial charge in [0.25, 0.3) is 5.91 Å². The zero-order chi connectivity index (χ0) is 26.5. The maximum atomic E-state index is 12.6. The van der Waals surface area contributed by atoms with Crippen molar-refractivity contribution in [2.75, 3.05) is 13.2 Å². The molecule has 3 aromatic carbocycles. The van der Waals surface area contributed by atoms with Crippen molar-refractivity contribution in [1.29, 1.82) is 0 Å². The standard InChI is InChI=1S/C30H30N4O4/c1-29(37)16-30(31,17-29)22-10-7-19(8-11-22)25-26(20-5-3-2-4-6-20)34-18-38-24-12-9-21(28(36)32-13-14-35)15-23(24)27(34)33-25/h2-12,15,35,37H,13-14,16-18,31H2,1H3,(H,32,36)/t29-,30-. The molecule has 8 heteroatoms. The second kappa shape index (κ2) is 9.09. The molecule has 4 aromatic rings. The first-order chi connectivity index (χ1) is 18.3. The number of imidazole rings is 1. The highest BCUT2D eigenvalue weighted by molar-refractivity contribution is 5.96. The highest BCUT2D eigenvalue weighted by atomic mass is 16.5. The maximum absolute atomic E-state index is 12.6. The maximum Gasteiger partial charge on any atom is 0.251 e. The van der Waals surface area contributed by atoms with E-state index in [0.29, 0.717) is 30.0 Å². The summed E-state index contributed by atoms with van der Waals surface area (Å²) in [5.74, 6) is 1.10. The Kier molecular flexibility index (Phi) is 5.83. The summed E-state index contributed by atoms with van der Waals surface area (Å²) in [6.45, 7) is 2.16. The molecule has 38 heavy (non-hydrogen) atoms. The van der Waals surface area contributed by atoms with Crippen LogP contribution in [-0.2, 0) is 12.3 Å². The number of benzene rings is 3. The molecule has 0 bridgehead atoms. The summed E-state index contributed by atoms with van der Waals surface area (Å²) in [6, 6.07) is 23.4. The number of nitrogens with zero attached hydrogens (tertiary/aromatic N) is 2. The fraction of sp³-hybridized carbons (Fsp3) is 0.267. The number of fused-ring (bicyclic) bond motifs is 3. The van der Waals surface area contributed by atoms with Crippen LogP contribution in [0.4, 0.5) is 0 Å². The Morgan fingerprint density at radius 1 is 1.08 bits per heavy atom. The number of hydrogen-bond donors (Lipinski definition) is 4. The molecule has 5 N–H and O–H groups in total. The van der Waals surface area contributed by atoms with Crippen LogP contribution in [0.5, 0.6) is 5.75 Å². The minimum absolute atomic E-state index is 0.128. The second-order valence-corrected chi connectivity index (χ2v) is 10.5.